The average Bonchev–Trinajstić information content (AvgIpc) is 3.27. The Morgan fingerprint density at radius 3 is 2.59 bits per heavy atom. The molecule has 0 unspecified atom stereocenters. The minimum atomic E-state index is -0.616. The molecule has 0 aliphatic carbocycles. The molecule has 5 nitrogen and oxygen atoms in total. The second kappa shape index (κ2) is 8.93. The van der Waals surface area contributed by atoms with Gasteiger partial charge in [0.05, 0.1) is 31.4 Å². The number of carbonyl (C=O) groups is 1. The normalized spacial score (nSPS) is 22.6. The van der Waals surface area contributed by atoms with Crippen LogP contribution in [0.1, 0.15) is 34.8 Å². The molecule has 29 heavy (non-hydrogen) atoms. The summed E-state index contributed by atoms with van der Waals surface area (Å²) < 4.78 is 26.0. The number of likely N-dealkylation sites (tertiary alicyclic amines) is 1. The molecule has 2 atom stereocenters. The molecule has 0 spiro atoms. The summed E-state index contributed by atoms with van der Waals surface area (Å²) in [6, 6.07) is 14.3. The molecule has 2 saturated heterocycles. The lowest BCUT2D eigenvalue weighted by atomic mass is 9.96. The van der Waals surface area contributed by atoms with Gasteiger partial charge in [-0.05, 0) is 43.6 Å². The molecule has 2 fully saturated rings. The fraction of sp³-hybridized carbons (Fsp3) is 0.435. The van der Waals surface area contributed by atoms with Crippen molar-refractivity contribution < 1.29 is 18.7 Å². The van der Waals surface area contributed by atoms with Crippen molar-refractivity contribution in [2.75, 3.05) is 39.9 Å². The van der Waals surface area contributed by atoms with Gasteiger partial charge in [-0.15, -0.1) is 0 Å². The quantitative estimate of drug-likeness (QED) is 0.773. The van der Waals surface area contributed by atoms with Gasteiger partial charge in [-0.25, -0.2) is 4.39 Å². The van der Waals surface area contributed by atoms with Crippen LogP contribution in [0.15, 0.2) is 48.5 Å². The summed E-state index contributed by atoms with van der Waals surface area (Å²) in [5.41, 5.74) is 1.04. The zero-order chi connectivity index (χ0) is 20.2. The van der Waals surface area contributed by atoms with Gasteiger partial charge < -0.3 is 19.3 Å². The van der Waals surface area contributed by atoms with E-state index in [1.807, 2.05) is 30.3 Å². The van der Waals surface area contributed by atoms with E-state index in [2.05, 4.69) is 4.90 Å². The number of ether oxygens (including phenoxy) is 2. The summed E-state index contributed by atoms with van der Waals surface area (Å²) in [6.45, 7) is 3.74. The smallest absolute Gasteiger partial charge is 0.257 e. The standard InChI is InChI=1S/C23H27FN2O3/c1-28-19-11-7-10-18(21(19)24)23(27)26-14-15-29-20(16-25-12-5-6-13-25)22(26)17-8-3-2-4-9-17/h2-4,7-11,20,22H,5-6,12-16H2,1H3/t20-,22-/m0/s1. The number of halogens is 1. The number of hydrogen-bond acceptors (Lipinski definition) is 4. The molecule has 0 N–H and O–H groups in total. The molecular weight excluding hydrogens is 371 g/mol. The SMILES string of the molecule is COc1cccc(C(=O)N2CCO[C@@H](CN3CCCC3)[C@@H]2c2ccccc2)c1F. The van der Waals surface area contributed by atoms with Crippen LogP contribution in [0.25, 0.3) is 0 Å². The second-order valence-corrected chi connectivity index (χ2v) is 7.59. The first-order valence-electron chi connectivity index (χ1n) is 10.2. The van der Waals surface area contributed by atoms with Crippen molar-refractivity contribution in [1.82, 2.24) is 9.80 Å². The van der Waals surface area contributed by atoms with Crippen LogP contribution in [-0.2, 0) is 4.74 Å². The molecule has 1 amide bonds. The minimum Gasteiger partial charge on any atom is -0.494 e. The van der Waals surface area contributed by atoms with Crippen molar-refractivity contribution in [2.24, 2.45) is 0 Å². The van der Waals surface area contributed by atoms with E-state index in [0.29, 0.717) is 13.2 Å². The van der Waals surface area contributed by atoms with E-state index in [1.54, 1.807) is 11.0 Å². The van der Waals surface area contributed by atoms with Gasteiger partial charge in [0.1, 0.15) is 0 Å². The van der Waals surface area contributed by atoms with Gasteiger partial charge in [-0.1, -0.05) is 36.4 Å². The molecule has 0 bridgehead atoms. The van der Waals surface area contributed by atoms with Gasteiger partial charge in [-0.2, -0.15) is 0 Å². The summed E-state index contributed by atoms with van der Waals surface area (Å²) in [7, 11) is 1.40. The molecule has 154 valence electrons. The van der Waals surface area contributed by atoms with Gasteiger partial charge in [-0.3, -0.25) is 4.79 Å². The minimum absolute atomic E-state index is 0.0344. The summed E-state index contributed by atoms with van der Waals surface area (Å²) in [5, 5.41) is 0. The van der Waals surface area contributed by atoms with E-state index in [0.717, 1.165) is 25.2 Å². The highest BCUT2D eigenvalue weighted by Gasteiger charge is 2.38. The Hall–Kier alpha value is -2.44. The maximum absolute atomic E-state index is 14.8. The summed E-state index contributed by atoms with van der Waals surface area (Å²) in [6.07, 6.45) is 2.24. The van der Waals surface area contributed by atoms with Gasteiger partial charge in [0.25, 0.3) is 5.91 Å². The highest BCUT2D eigenvalue weighted by atomic mass is 19.1. The van der Waals surface area contributed by atoms with Crippen LogP contribution in [0.4, 0.5) is 4.39 Å². The molecular formula is C23H27FN2O3. The molecule has 0 aromatic heterocycles. The number of amides is 1. The Morgan fingerprint density at radius 1 is 1.10 bits per heavy atom. The highest BCUT2D eigenvalue weighted by molar-refractivity contribution is 5.95. The Labute approximate surface area is 171 Å². The van der Waals surface area contributed by atoms with Crippen LogP contribution < -0.4 is 4.74 Å². The van der Waals surface area contributed by atoms with Crippen LogP contribution in [0, 0.1) is 5.82 Å². The number of morpholine rings is 1. The predicted octanol–water partition coefficient (Wildman–Crippen LogP) is 3.51. The zero-order valence-electron chi connectivity index (χ0n) is 16.7. The first-order chi connectivity index (χ1) is 14.2. The summed E-state index contributed by atoms with van der Waals surface area (Å²) in [4.78, 5) is 17.6. The molecule has 2 aliphatic rings. The lowest BCUT2D eigenvalue weighted by molar-refractivity contribution is -0.0708. The van der Waals surface area contributed by atoms with Crippen LogP contribution in [-0.4, -0.2) is 61.7 Å². The molecule has 4 rings (SSSR count). The maximum Gasteiger partial charge on any atom is 0.257 e. The monoisotopic (exact) mass is 398 g/mol. The molecule has 2 aromatic carbocycles. The zero-order valence-corrected chi connectivity index (χ0v) is 16.7. The van der Waals surface area contributed by atoms with E-state index in [-0.39, 0.29) is 29.4 Å². The number of methoxy groups -OCH3 is 1. The van der Waals surface area contributed by atoms with Crippen LogP contribution in [0.3, 0.4) is 0 Å². The third kappa shape index (κ3) is 4.14. The molecule has 2 heterocycles. The molecule has 2 aromatic rings. The topological polar surface area (TPSA) is 42.0 Å². The number of hydrogen-bond donors (Lipinski definition) is 0. The van der Waals surface area contributed by atoms with Crippen LogP contribution in [0.5, 0.6) is 5.75 Å². The lowest BCUT2D eigenvalue weighted by Crippen LogP contribution is -2.51. The van der Waals surface area contributed by atoms with Crippen molar-refractivity contribution in [3.63, 3.8) is 0 Å². The Morgan fingerprint density at radius 2 is 1.86 bits per heavy atom. The molecule has 2 aliphatic heterocycles. The first kappa shape index (κ1) is 19.9. The summed E-state index contributed by atoms with van der Waals surface area (Å²) in [5.74, 6) is -0.867. The number of benzene rings is 2. The predicted molar refractivity (Wildman–Crippen MR) is 109 cm³/mol. The third-order valence-corrected chi connectivity index (χ3v) is 5.80. The van der Waals surface area contributed by atoms with Crippen molar-refractivity contribution in [1.29, 1.82) is 0 Å². The maximum atomic E-state index is 14.8. The lowest BCUT2D eigenvalue weighted by Gasteiger charge is -2.42. The average molecular weight is 398 g/mol. The van der Waals surface area contributed by atoms with Crippen molar-refractivity contribution in [3.8, 4) is 5.75 Å². The fourth-order valence-corrected chi connectivity index (χ4v) is 4.37. The molecule has 0 saturated carbocycles. The van der Waals surface area contributed by atoms with Gasteiger partial charge in [0, 0.05) is 13.1 Å². The van der Waals surface area contributed by atoms with E-state index in [9.17, 15) is 9.18 Å². The highest BCUT2D eigenvalue weighted by Crippen LogP contribution is 2.33. The number of nitrogens with zero attached hydrogens (tertiary/aromatic N) is 2. The van der Waals surface area contributed by atoms with E-state index in [4.69, 9.17) is 9.47 Å². The third-order valence-electron chi connectivity index (χ3n) is 5.80. The van der Waals surface area contributed by atoms with Crippen LogP contribution >= 0.6 is 0 Å². The van der Waals surface area contributed by atoms with Crippen LogP contribution in [0.2, 0.25) is 0 Å². The summed E-state index contributed by atoms with van der Waals surface area (Å²) >= 11 is 0. The molecule has 0 radical (unpaired) electrons. The van der Waals surface area contributed by atoms with Gasteiger partial charge in [0.15, 0.2) is 11.6 Å². The largest absolute Gasteiger partial charge is 0.494 e. The van der Waals surface area contributed by atoms with E-state index >= 15 is 0 Å². The van der Waals surface area contributed by atoms with E-state index < -0.39 is 5.82 Å². The molecule has 6 heteroatoms. The number of rotatable bonds is 5. The van der Waals surface area contributed by atoms with E-state index in [1.165, 1.54) is 32.1 Å². The Balaban J connectivity index is 1.67. The Kier molecular flexibility index (Phi) is 6.11. The second-order valence-electron chi connectivity index (χ2n) is 7.59. The fourth-order valence-electron chi connectivity index (χ4n) is 4.37. The van der Waals surface area contributed by atoms with Gasteiger partial charge >= 0.3 is 0 Å². The van der Waals surface area contributed by atoms with Crippen molar-refractivity contribution in [3.05, 3.63) is 65.5 Å². The van der Waals surface area contributed by atoms with Gasteiger partial charge in [0.2, 0.25) is 0 Å². The number of carbonyl (C=O) groups excluding carboxylic acids is 1. The van der Waals surface area contributed by atoms with Crippen molar-refractivity contribution >= 4 is 5.91 Å². The van der Waals surface area contributed by atoms with Crippen molar-refractivity contribution in [2.45, 2.75) is 25.0 Å². The Bertz CT molecular complexity index is 839. The first-order valence-corrected chi connectivity index (χ1v) is 10.2.